The van der Waals surface area contributed by atoms with Gasteiger partial charge < -0.3 is 10.1 Å². The van der Waals surface area contributed by atoms with Gasteiger partial charge in [-0.3, -0.25) is 14.6 Å². The van der Waals surface area contributed by atoms with E-state index in [4.69, 9.17) is 0 Å². The summed E-state index contributed by atoms with van der Waals surface area (Å²) in [5.41, 5.74) is 1.13. The lowest BCUT2D eigenvalue weighted by Crippen LogP contribution is -2.33. The van der Waals surface area contributed by atoms with Gasteiger partial charge in [0.1, 0.15) is 11.5 Å². The largest absolute Gasteiger partial charge is 0.461 e. The van der Waals surface area contributed by atoms with Gasteiger partial charge in [-0.05, 0) is 36.8 Å². The Morgan fingerprint density at radius 3 is 2.59 bits per heavy atom. The highest BCUT2D eigenvalue weighted by Gasteiger charge is 2.44. The van der Waals surface area contributed by atoms with Crippen LogP contribution in [0.3, 0.4) is 0 Å². The van der Waals surface area contributed by atoms with Crippen molar-refractivity contribution in [2.75, 3.05) is 0 Å². The summed E-state index contributed by atoms with van der Waals surface area (Å²) >= 11 is 0. The molecule has 156 valence electrons. The number of alkyl halides is 4. The zero-order valence-electron chi connectivity index (χ0n) is 15.8. The molecular formula is C20H20F4N2O3. The number of hydrogen-bond donors (Lipinski definition) is 1. The first-order chi connectivity index (χ1) is 13.6. The van der Waals surface area contributed by atoms with E-state index in [1.165, 1.54) is 30.5 Å². The average molecular weight is 412 g/mol. The smallest absolute Gasteiger partial charge is 0.428 e. The molecule has 0 saturated heterocycles. The number of hydrogen-bond acceptors (Lipinski definition) is 4. The molecule has 9 heteroatoms. The van der Waals surface area contributed by atoms with E-state index in [2.05, 4.69) is 15.0 Å². The summed E-state index contributed by atoms with van der Waals surface area (Å²) in [5, 5.41) is 2.68. The van der Waals surface area contributed by atoms with Crippen LogP contribution < -0.4 is 10.1 Å². The molecule has 0 aliphatic carbocycles. The van der Waals surface area contributed by atoms with Gasteiger partial charge in [0, 0.05) is 30.3 Å². The maximum Gasteiger partial charge on any atom is 0.461 e. The van der Waals surface area contributed by atoms with Crippen LogP contribution in [0.15, 0.2) is 42.6 Å². The van der Waals surface area contributed by atoms with Gasteiger partial charge in [-0.25, -0.2) is 0 Å². The van der Waals surface area contributed by atoms with Crippen LogP contribution in [0, 0.1) is 0 Å². The zero-order chi connectivity index (χ0) is 21.6. The monoisotopic (exact) mass is 412 g/mol. The Balaban J connectivity index is 2.09. The molecular weight excluding hydrogens is 392 g/mol. The third-order valence-electron chi connectivity index (χ3n) is 4.07. The molecule has 0 bridgehead atoms. The normalized spacial score (nSPS) is 12.5. The predicted molar refractivity (Wildman–Crippen MR) is 97.1 cm³/mol. The summed E-state index contributed by atoms with van der Waals surface area (Å²) in [6, 6.07) is 7.52. The van der Waals surface area contributed by atoms with Gasteiger partial charge in [-0.15, -0.1) is 0 Å². The third-order valence-corrected chi connectivity index (χ3v) is 4.07. The summed E-state index contributed by atoms with van der Waals surface area (Å²) in [5.74, 6) is -0.923. The Morgan fingerprint density at radius 1 is 1.21 bits per heavy atom. The molecule has 29 heavy (non-hydrogen) atoms. The van der Waals surface area contributed by atoms with Crippen molar-refractivity contribution in [3.63, 3.8) is 0 Å². The van der Waals surface area contributed by atoms with Crippen molar-refractivity contribution in [1.29, 1.82) is 0 Å². The number of rotatable bonds is 9. The average Bonchev–Trinajstić information content (AvgIpc) is 2.67. The molecule has 1 unspecified atom stereocenters. The van der Waals surface area contributed by atoms with Crippen molar-refractivity contribution in [2.24, 2.45) is 0 Å². The predicted octanol–water partition coefficient (Wildman–Crippen LogP) is 4.33. The number of nitrogens with one attached hydrogen (secondary N) is 1. The van der Waals surface area contributed by atoms with Crippen LogP contribution in [-0.2, 0) is 11.2 Å². The molecule has 1 N–H and O–H groups in total. The van der Waals surface area contributed by atoms with Crippen molar-refractivity contribution in [1.82, 2.24) is 10.3 Å². The Kier molecular flexibility index (Phi) is 7.30. The molecule has 0 aliphatic heterocycles. The Morgan fingerprint density at radius 2 is 1.93 bits per heavy atom. The van der Waals surface area contributed by atoms with Crippen LogP contribution in [0.25, 0.3) is 0 Å². The summed E-state index contributed by atoms with van der Waals surface area (Å²) in [6.07, 6.45) is -6.69. The molecule has 1 aromatic heterocycles. The van der Waals surface area contributed by atoms with Crippen LogP contribution in [0.5, 0.6) is 5.75 Å². The Labute approximate surface area is 165 Å². The molecule has 0 saturated carbocycles. The molecule has 0 aliphatic rings. The second-order valence-corrected chi connectivity index (χ2v) is 6.34. The molecule has 0 fully saturated rings. The van der Waals surface area contributed by atoms with E-state index in [0.717, 1.165) is 12.1 Å². The lowest BCUT2D eigenvalue weighted by molar-refractivity contribution is -0.253. The number of Topliss-reactive ketones (excluding diaryl/α,β-unsaturated/α-hetero) is 1. The van der Waals surface area contributed by atoms with Crippen molar-refractivity contribution < 1.29 is 31.9 Å². The van der Waals surface area contributed by atoms with E-state index < -0.39 is 30.2 Å². The maximum atomic E-state index is 13.1. The molecule has 5 nitrogen and oxygen atoms in total. The van der Waals surface area contributed by atoms with Gasteiger partial charge in [0.15, 0.2) is 0 Å². The number of amides is 1. The van der Waals surface area contributed by atoms with E-state index in [1.807, 2.05) is 0 Å². The highest BCUT2D eigenvalue weighted by Crippen LogP contribution is 2.29. The van der Waals surface area contributed by atoms with E-state index in [0.29, 0.717) is 17.7 Å². The van der Waals surface area contributed by atoms with E-state index in [1.54, 1.807) is 13.8 Å². The van der Waals surface area contributed by atoms with Crippen molar-refractivity contribution >= 4 is 11.7 Å². The summed E-state index contributed by atoms with van der Waals surface area (Å²) < 4.78 is 54.8. The number of benzene rings is 1. The number of carbonyl (C=O) groups is 2. The molecule has 1 aromatic carbocycles. The first-order valence-corrected chi connectivity index (χ1v) is 8.84. The third kappa shape index (κ3) is 6.27. The summed E-state index contributed by atoms with van der Waals surface area (Å²) in [7, 11) is 0. The minimum atomic E-state index is -4.62. The topological polar surface area (TPSA) is 68.3 Å². The van der Waals surface area contributed by atoms with Gasteiger partial charge in [-0.1, -0.05) is 19.1 Å². The van der Waals surface area contributed by atoms with E-state index in [-0.39, 0.29) is 17.8 Å². The Hall–Kier alpha value is -2.97. The van der Waals surface area contributed by atoms with Crippen LogP contribution >= 0.6 is 0 Å². The summed E-state index contributed by atoms with van der Waals surface area (Å²) in [4.78, 5) is 28.1. The van der Waals surface area contributed by atoms with Crippen molar-refractivity contribution in [2.45, 2.75) is 45.3 Å². The molecule has 2 rings (SSSR count). The highest BCUT2D eigenvalue weighted by atomic mass is 19.3. The van der Waals surface area contributed by atoms with Crippen LogP contribution in [0.1, 0.15) is 47.9 Å². The fourth-order valence-corrected chi connectivity index (χ4v) is 2.46. The molecule has 1 amide bonds. The number of ether oxygens (including phenoxy) is 1. The number of ketones is 1. The summed E-state index contributed by atoms with van der Waals surface area (Å²) in [6.45, 7) is 3.33. The quantitative estimate of drug-likeness (QED) is 0.623. The minimum Gasteiger partial charge on any atom is -0.428 e. The molecule has 1 heterocycles. The lowest BCUT2D eigenvalue weighted by atomic mass is 10.1. The SMILES string of the molecule is CCC(=O)Cc1cc(C(=O)NC(C)c2cccc(OC(F)(F)C(F)F)c2)ccn1. The second kappa shape index (κ2) is 9.49. The van der Waals surface area contributed by atoms with E-state index >= 15 is 0 Å². The van der Waals surface area contributed by atoms with Crippen LogP contribution in [-0.4, -0.2) is 29.2 Å². The standard InChI is InChI=1S/C20H20F4N2O3/c1-3-16(27)11-15-9-14(7-8-25-15)18(28)26-12(2)13-5-4-6-17(10-13)29-20(23,24)19(21)22/h4-10,12,19H,3,11H2,1-2H3,(H,26,28). The highest BCUT2D eigenvalue weighted by molar-refractivity contribution is 5.94. The first kappa shape index (κ1) is 22.3. The molecule has 0 spiro atoms. The first-order valence-electron chi connectivity index (χ1n) is 8.84. The zero-order valence-corrected chi connectivity index (χ0v) is 15.8. The molecule has 0 radical (unpaired) electrons. The Bertz CT molecular complexity index is 874. The number of carbonyl (C=O) groups excluding carboxylic acids is 2. The van der Waals surface area contributed by atoms with E-state index in [9.17, 15) is 27.2 Å². The van der Waals surface area contributed by atoms with Gasteiger partial charge >= 0.3 is 12.5 Å². The van der Waals surface area contributed by atoms with Crippen molar-refractivity contribution in [3.05, 3.63) is 59.4 Å². The van der Waals surface area contributed by atoms with Gasteiger partial charge in [0.25, 0.3) is 5.91 Å². The number of nitrogens with zero attached hydrogens (tertiary/aromatic N) is 1. The van der Waals surface area contributed by atoms with Gasteiger partial charge in [0.2, 0.25) is 0 Å². The van der Waals surface area contributed by atoms with Gasteiger partial charge in [-0.2, -0.15) is 17.6 Å². The molecule has 2 aromatic rings. The lowest BCUT2D eigenvalue weighted by Gasteiger charge is -2.19. The number of aromatic nitrogens is 1. The van der Waals surface area contributed by atoms with Crippen LogP contribution in [0.2, 0.25) is 0 Å². The number of halogens is 4. The molecule has 1 atom stereocenters. The van der Waals surface area contributed by atoms with Crippen molar-refractivity contribution in [3.8, 4) is 5.75 Å². The van der Waals surface area contributed by atoms with Gasteiger partial charge in [0.05, 0.1) is 6.04 Å². The minimum absolute atomic E-state index is 0.0131. The second-order valence-electron chi connectivity index (χ2n) is 6.34. The van der Waals surface area contributed by atoms with Crippen LogP contribution in [0.4, 0.5) is 17.6 Å². The maximum absolute atomic E-state index is 13.1. The fraction of sp³-hybridized carbons (Fsp3) is 0.350. The number of pyridine rings is 1. The fourth-order valence-electron chi connectivity index (χ4n) is 2.46.